The summed E-state index contributed by atoms with van der Waals surface area (Å²) in [5, 5.41) is 2.89. The van der Waals surface area contributed by atoms with Gasteiger partial charge in [-0.05, 0) is 36.9 Å². The fourth-order valence-electron chi connectivity index (χ4n) is 2.26. The van der Waals surface area contributed by atoms with Crippen molar-refractivity contribution in [2.45, 2.75) is 13.8 Å². The average Bonchev–Trinajstić information content (AvgIpc) is 2.28. The lowest BCUT2D eigenvalue weighted by atomic mass is 10.0. The molecule has 0 radical (unpaired) electrons. The van der Waals surface area contributed by atoms with Gasteiger partial charge in [0, 0.05) is 16.3 Å². The van der Waals surface area contributed by atoms with Crippen molar-refractivity contribution >= 4 is 21.7 Å². The quantitative estimate of drug-likeness (QED) is 0.583. The SMILES string of the molecule is Cc1ccc2c(c1)[nH]c(=O)c1ccc(C)cc12. The van der Waals surface area contributed by atoms with Crippen molar-refractivity contribution in [1.29, 1.82) is 0 Å². The number of fused-ring (bicyclic) bond motifs is 3. The number of rotatable bonds is 0. The molecule has 0 fully saturated rings. The second-order valence-corrected chi connectivity index (χ2v) is 4.55. The zero-order valence-electron chi connectivity index (χ0n) is 9.87. The Morgan fingerprint density at radius 3 is 2.24 bits per heavy atom. The van der Waals surface area contributed by atoms with Crippen LogP contribution in [-0.2, 0) is 0 Å². The van der Waals surface area contributed by atoms with E-state index in [1.54, 1.807) is 0 Å². The van der Waals surface area contributed by atoms with Gasteiger partial charge in [-0.15, -0.1) is 0 Å². The maximum absolute atomic E-state index is 12.0. The van der Waals surface area contributed by atoms with Crippen LogP contribution >= 0.6 is 0 Å². The average molecular weight is 223 g/mol. The Kier molecular flexibility index (Phi) is 2.05. The van der Waals surface area contributed by atoms with Gasteiger partial charge in [0.2, 0.25) is 0 Å². The Morgan fingerprint density at radius 1 is 0.824 bits per heavy atom. The molecule has 0 aliphatic carbocycles. The summed E-state index contributed by atoms with van der Waals surface area (Å²) in [6, 6.07) is 12.1. The first-order valence-corrected chi connectivity index (χ1v) is 5.68. The van der Waals surface area contributed by atoms with Crippen molar-refractivity contribution < 1.29 is 0 Å². The van der Waals surface area contributed by atoms with Gasteiger partial charge in [-0.25, -0.2) is 0 Å². The van der Waals surface area contributed by atoms with E-state index >= 15 is 0 Å². The topological polar surface area (TPSA) is 32.9 Å². The van der Waals surface area contributed by atoms with E-state index in [0.717, 1.165) is 27.2 Å². The van der Waals surface area contributed by atoms with Gasteiger partial charge in [0.05, 0.1) is 0 Å². The number of benzene rings is 2. The minimum Gasteiger partial charge on any atom is -0.321 e. The summed E-state index contributed by atoms with van der Waals surface area (Å²) in [5.74, 6) is 0. The molecule has 0 saturated carbocycles. The summed E-state index contributed by atoms with van der Waals surface area (Å²) in [7, 11) is 0. The number of aromatic nitrogens is 1. The molecule has 0 aliphatic rings. The van der Waals surface area contributed by atoms with Gasteiger partial charge in [0.25, 0.3) is 5.56 Å². The number of hydrogen-bond donors (Lipinski definition) is 1. The van der Waals surface area contributed by atoms with Crippen molar-refractivity contribution in [3.8, 4) is 0 Å². The molecular formula is C15H13NO. The third-order valence-electron chi connectivity index (χ3n) is 3.13. The highest BCUT2D eigenvalue weighted by Crippen LogP contribution is 2.22. The largest absolute Gasteiger partial charge is 0.321 e. The summed E-state index contributed by atoms with van der Waals surface area (Å²) in [5.41, 5.74) is 3.22. The number of pyridine rings is 1. The summed E-state index contributed by atoms with van der Waals surface area (Å²) in [4.78, 5) is 14.9. The molecule has 0 saturated heterocycles. The lowest BCUT2D eigenvalue weighted by molar-refractivity contribution is 1.33. The molecular weight excluding hydrogens is 210 g/mol. The third kappa shape index (κ3) is 1.53. The fraction of sp³-hybridized carbons (Fsp3) is 0.133. The van der Waals surface area contributed by atoms with E-state index in [0.29, 0.717) is 0 Å². The molecule has 2 aromatic carbocycles. The van der Waals surface area contributed by atoms with Crippen LogP contribution in [0.25, 0.3) is 21.7 Å². The molecule has 0 unspecified atom stereocenters. The zero-order valence-corrected chi connectivity index (χ0v) is 9.87. The van der Waals surface area contributed by atoms with Crippen LogP contribution in [0.1, 0.15) is 11.1 Å². The highest BCUT2D eigenvalue weighted by atomic mass is 16.1. The van der Waals surface area contributed by atoms with Gasteiger partial charge in [0.15, 0.2) is 0 Å². The fourth-order valence-corrected chi connectivity index (χ4v) is 2.26. The van der Waals surface area contributed by atoms with Crippen molar-refractivity contribution in [1.82, 2.24) is 4.98 Å². The Morgan fingerprint density at radius 2 is 1.47 bits per heavy atom. The molecule has 2 heteroatoms. The van der Waals surface area contributed by atoms with Crippen molar-refractivity contribution in [3.63, 3.8) is 0 Å². The van der Waals surface area contributed by atoms with E-state index in [1.807, 2.05) is 32.0 Å². The van der Waals surface area contributed by atoms with Gasteiger partial charge >= 0.3 is 0 Å². The summed E-state index contributed by atoms with van der Waals surface area (Å²) in [6.45, 7) is 4.07. The minimum atomic E-state index is -0.0156. The first-order valence-electron chi connectivity index (χ1n) is 5.68. The normalized spacial score (nSPS) is 11.2. The number of hydrogen-bond acceptors (Lipinski definition) is 1. The van der Waals surface area contributed by atoms with Crippen LogP contribution in [0.5, 0.6) is 0 Å². The molecule has 84 valence electrons. The van der Waals surface area contributed by atoms with Crippen LogP contribution in [0.4, 0.5) is 0 Å². The predicted octanol–water partition coefficient (Wildman–Crippen LogP) is 3.30. The van der Waals surface area contributed by atoms with Gasteiger partial charge in [0.1, 0.15) is 0 Å². The first kappa shape index (κ1) is 10.1. The van der Waals surface area contributed by atoms with E-state index in [2.05, 4.69) is 23.2 Å². The third-order valence-corrected chi connectivity index (χ3v) is 3.13. The van der Waals surface area contributed by atoms with Gasteiger partial charge in [-0.2, -0.15) is 0 Å². The molecule has 0 aliphatic heterocycles. The van der Waals surface area contributed by atoms with Crippen LogP contribution in [0.2, 0.25) is 0 Å². The highest BCUT2D eigenvalue weighted by Gasteiger charge is 2.04. The first-order chi connectivity index (χ1) is 8.15. The van der Waals surface area contributed by atoms with Crippen molar-refractivity contribution in [2.75, 3.05) is 0 Å². The van der Waals surface area contributed by atoms with Crippen LogP contribution in [-0.4, -0.2) is 4.98 Å². The van der Waals surface area contributed by atoms with Gasteiger partial charge in [-0.1, -0.05) is 29.8 Å². The van der Waals surface area contributed by atoms with Crippen LogP contribution in [0.3, 0.4) is 0 Å². The maximum atomic E-state index is 12.0. The summed E-state index contributed by atoms with van der Waals surface area (Å²) in [6.07, 6.45) is 0. The minimum absolute atomic E-state index is 0.0156. The van der Waals surface area contributed by atoms with Crippen molar-refractivity contribution in [2.24, 2.45) is 0 Å². The lowest BCUT2D eigenvalue weighted by Gasteiger charge is -2.05. The van der Waals surface area contributed by atoms with Crippen LogP contribution < -0.4 is 5.56 Å². The van der Waals surface area contributed by atoms with E-state index in [1.165, 1.54) is 5.56 Å². The highest BCUT2D eigenvalue weighted by molar-refractivity contribution is 6.05. The van der Waals surface area contributed by atoms with Gasteiger partial charge < -0.3 is 4.98 Å². The molecule has 1 N–H and O–H groups in total. The Hall–Kier alpha value is -2.09. The summed E-state index contributed by atoms with van der Waals surface area (Å²) < 4.78 is 0. The lowest BCUT2D eigenvalue weighted by Crippen LogP contribution is -2.06. The molecule has 0 bridgehead atoms. The number of nitrogens with one attached hydrogen (secondary N) is 1. The van der Waals surface area contributed by atoms with Crippen molar-refractivity contribution in [3.05, 3.63) is 57.9 Å². The molecule has 0 spiro atoms. The number of aryl methyl sites for hydroxylation is 2. The monoisotopic (exact) mass is 223 g/mol. The summed E-state index contributed by atoms with van der Waals surface area (Å²) >= 11 is 0. The van der Waals surface area contributed by atoms with E-state index in [9.17, 15) is 4.79 Å². The molecule has 3 aromatic rings. The molecule has 2 nitrogen and oxygen atoms in total. The second kappa shape index (κ2) is 3.45. The smallest absolute Gasteiger partial charge is 0.256 e. The molecule has 0 amide bonds. The van der Waals surface area contributed by atoms with E-state index in [4.69, 9.17) is 0 Å². The standard InChI is InChI=1S/C15H13NO/c1-9-4-6-12-13(7-9)11-5-3-10(2)8-14(11)16-15(12)17/h3-8H,1-2H3,(H,16,17). The Balaban J connectivity index is 2.62. The molecule has 3 rings (SSSR count). The molecule has 0 atom stereocenters. The number of H-pyrrole nitrogens is 1. The maximum Gasteiger partial charge on any atom is 0.256 e. The zero-order chi connectivity index (χ0) is 12.0. The molecule has 17 heavy (non-hydrogen) atoms. The predicted molar refractivity (Wildman–Crippen MR) is 71.5 cm³/mol. The van der Waals surface area contributed by atoms with Gasteiger partial charge in [-0.3, -0.25) is 4.79 Å². The molecule has 1 aromatic heterocycles. The van der Waals surface area contributed by atoms with Crippen LogP contribution in [0.15, 0.2) is 41.2 Å². The second-order valence-electron chi connectivity index (χ2n) is 4.55. The molecule has 1 heterocycles. The Labute approximate surface area is 98.9 Å². The Bertz CT molecular complexity index is 784. The van der Waals surface area contributed by atoms with Crippen LogP contribution in [0, 0.1) is 13.8 Å². The van der Waals surface area contributed by atoms with E-state index in [-0.39, 0.29) is 5.56 Å². The number of aromatic amines is 1. The van der Waals surface area contributed by atoms with E-state index < -0.39 is 0 Å².